The van der Waals surface area contributed by atoms with E-state index in [9.17, 15) is 0 Å². The molecule has 0 aromatic rings. The Labute approximate surface area is 66.5 Å². The Hall–Kier alpha value is -0.200. The van der Waals surface area contributed by atoms with Gasteiger partial charge in [0.15, 0.2) is 0 Å². The Bertz CT molecular complexity index is 207. The van der Waals surface area contributed by atoms with Crippen LogP contribution in [0.5, 0.6) is 0 Å². The molecule has 0 atom stereocenters. The average Bonchev–Trinajstić information content (AvgIpc) is 2.69. The molecule has 2 aliphatic rings. The van der Waals surface area contributed by atoms with E-state index >= 15 is 0 Å². The summed E-state index contributed by atoms with van der Waals surface area (Å²) >= 11 is 4.62. The van der Waals surface area contributed by atoms with Gasteiger partial charge in [0.2, 0.25) is 0 Å². The van der Waals surface area contributed by atoms with Crippen molar-refractivity contribution >= 4 is 17.4 Å². The predicted molar refractivity (Wildman–Crippen MR) is 44.3 cm³/mol. The highest BCUT2D eigenvalue weighted by atomic mass is 32.1. The largest absolute Gasteiger partial charge is 0.225 e. The van der Waals surface area contributed by atoms with Gasteiger partial charge in [-0.1, -0.05) is 6.92 Å². The van der Waals surface area contributed by atoms with E-state index in [0.29, 0.717) is 5.41 Å². The molecule has 2 heteroatoms. The maximum atomic E-state index is 4.62. The summed E-state index contributed by atoms with van der Waals surface area (Å²) < 4.78 is 0. The van der Waals surface area contributed by atoms with E-state index in [0.717, 1.165) is 0 Å². The fourth-order valence-corrected chi connectivity index (χ4v) is 1.88. The number of hydrogen-bond donors (Lipinski definition) is 0. The zero-order valence-electron chi connectivity index (χ0n) is 6.18. The number of aliphatic imine (C=N–C) groups is 1. The molecule has 2 fully saturated rings. The first-order valence-corrected chi connectivity index (χ1v) is 4.22. The van der Waals surface area contributed by atoms with Crippen LogP contribution in [0.1, 0.15) is 32.6 Å². The van der Waals surface area contributed by atoms with E-state index in [2.05, 4.69) is 29.3 Å². The summed E-state index contributed by atoms with van der Waals surface area (Å²) in [5.41, 5.74) is 0.771. The standard InChI is InChI=1S/C8H11NS/c1-7(2-3-7)8(4-5-8)9-6-10/h2-5H2,1H3. The monoisotopic (exact) mass is 153 g/mol. The fourth-order valence-electron chi connectivity index (χ4n) is 1.71. The minimum Gasteiger partial charge on any atom is -0.225 e. The molecule has 0 aromatic carbocycles. The second kappa shape index (κ2) is 1.69. The number of thiocarbonyl (C=S) groups is 1. The topological polar surface area (TPSA) is 12.4 Å². The summed E-state index contributed by atoms with van der Waals surface area (Å²) in [4.78, 5) is 4.27. The highest BCUT2D eigenvalue weighted by Gasteiger charge is 2.62. The van der Waals surface area contributed by atoms with Crippen molar-refractivity contribution in [3.63, 3.8) is 0 Å². The van der Waals surface area contributed by atoms with Gasteiger partial charge in [-0.25, -0.2) is 4.99 Å². The molecule has 0 spiro atoms. The summed E-state index contributed by atoms with van der Waals surface area (Å²) in [6.07, 6.45) is 5.17. The molecule has 0 radical (unpaired) electrons. The third-order valence-corrected chi connectivity index (χ3v) is 3.20. The van der Waals surface area contributed by atoms with Crippen molar-refractivity contribution in [3.05, 3.63) is 0 Å². The van der Waals surface area contributed by atoms with Crippen molar-refractivity contribution in [1.29, 1.82) is 0 Å². The molecule has 2 saturated carbocycles. The molecule has 0 aromatic heterocycles. The summed E-state index contributed by atoms with van der Waals surface area (Å²) in [6.45, 7) is 2.32. The van der Waals surface area contributed by atoms with E-state index in [-0.39, 0.29) is 5.54 Å². The molecule has 10 heavy (non-hydrogen) atoms. The van der Waals surface area contributed by atoms with Crippen LogP contribution < -0.4 is 0 Å². The van der Waals surface area contributed by atoms with Gasteiger partial charge >= 0.3 is 0 Å². The van der Waals surface area contributed by atoms with Crippen LogP contribution >= 0.6 is 12.2 Å². The first-order chi connectivity index (χ1) is 4.72. The van der Waals surface area contributed by atoms with Gasteiger partial charge in [0.25, 0.3) is 0 Å². The third kappa shape index (κ3) is 0.694. The lowest BCUT2D eigenvalue weighted by molar-refractivity contribution is 0.422. The minimum absolute atomic E-state index is 0.259. The highest BCUT2D eigenvalue weighted by molar-refractivity contribution is 7.78. The number of rotatable bonds is 2. The average molecular weight is 153 g/mol. The number of isothiocyanates is 1. The minimum atomic E-state index is 0.259. The SMILES string of the molecule is CC1(C2(N=C=S)CC2)CC1. The van der Waals surface area contributed by atoms with Gasteiger partial charge in [0.1, 0.15) is 0 Å². The molecule has 54 valence electrons. The van der Waals surface area contributed by atoms with Crippen molar-refractivity contribution in [2.75, 3.05) is 0 Å². The maximum absolute atomic E-state index is 4.62. The van der Waals surface area contributed by atoms with Crippen LogP contribution in [-0.4, -0.2) is 10.7 Å². The molecule has 0 saturated heterocycles. The van der Waals surface area contributed by atoms with Gasteiger partial charge in [-0.3, -0.25) is 0 Å². The van der Waals surface area contributed by atoms with Crippen molar-refractivity contribution in [2.24, 2.45) is 10.4 Å². The maximum Gasteiger partial charge on any atom is 0.0766 e. The summed E-state index contributed by atoms with van der Waals surface area (Å²) in [5, 5.41) is 2.53. The second-order valence-corrected chi connectivity index (χ2v) is 3.98. The number of nitrogens with zero attached hydrogens (tertiary/aromatic N) is 1. The molecule has 0 bridgehead atoms. The van der Waals surface area contributed by atoms with Crippen LogP contribution in [0, 0.1) is 5.41 Å². The van der Waals surface area contributed by atoms with Crippen LogP contribution in [0.15, 0.2) is 4.99 Å². The molecule has 0 aliphatic heterocycles. The lowest BCUT2D eigenvalue weighted by Crippen LogP contribution is -2.17. The van der Waals surface area contributed by atoms with E-state index in [4.69, 9.17) is 0 Å². The van der Waals surface area contributed by atoms with Crippen molar-refractivity contribution in [1.82, 2.24) is 0 Å². The lowest BCUT2D eigenvalue weighted by Gasteiger charge is -2.15. The quantitative estimate of drug-likeness (QED) is 0.438. The Morgan fingerprint density at radius 1 is 1.30 bits per heavy atom. The van der Waals surface area contributed by atoms with E-state index in [1.807, 2.05) is 0 Å². The zero-order valence-corrected chi connectivity index (χ0v) is 7.00. The Morgan fingerprint density at radius 3 is 2.20 bits per heavy atom. The van der Waals surface area contributed by atoms with Crippen LogP contribution in [0.2, 0.25) is 0 Å². The van der Waals surface area contributed by atoms with Crippen LogP contribution in [-0.2, 0) is 0 Å². The normalized spacial score (nSPS) is 30.5. The smallest absolute Gasteiger partial charge is 0.0766 e. The molecule has 0 amide bonds. The Balaban J connectivity index is 2.22. The predicted octanol–water partition coefficient (Wildman–Crippen LogP) is 2.42. The molecule has 2 rings (SSSR count). The van der Waals surface area contributed by atoms with Gasteiger partial charge in [0, 0.05) is 0 Å². The zero-order chi connectivity index (χ0) is 7.24. The Kier molecular flexibility index (Phi) is 1.10. The van der Waals surface area contributed by atoms with Gasteiger partial charge in [-0.2, -0.15) is 0 Å². The van der Waals surface area contributed by atoms with Crippen molar-refractivity contribution < 1.29 is 0 Å². The highest BCUT2D eigenvalue weighted by Crippen LogP contribution is 2.65. The first-order valence-electron chi connectivity index (χ1n) is 3.82. The summed E-state index contributed by atoms with van der Waals surface area (Å²) in [7, 11) is 0. The second-order valence-electron chi connectivity index (χ2n) is 3.80. The fraction of sp³-hybridized carbons (Fsp3) is 0.875. The molecule has 0 N–H and O–H groups in total. The first kappa shape index (κ1) is 6.51. The van der Waals surface area contributed by atoms with Crippen LogP contribution in [0.25, 0.3) is 0 Å². The summed E-state index contributed by atoms with van der Waals surface area (Å²) in [5.74, 6) is 0. The number of hydrogen-bond acceptors (Lipinski definition) is 2. The van der Waals surface area contributed by atoms with Gasteiger partial charge in [-0.05, 0) is 43.3 Å². The van der Waals surface area contributed by atoms with Gasteiger partial charge in [-0.15, -0.1) is 0 Å². The molecule has 0 unspecified atom stereocenters. The molecule has 0 heterocycles. The van der Waals surface area contributed by atoms with E-state index in [1.54, 1.807) is 0 Å². The van der Waals surface area contributed by atoms with E-state index < -0.39 is 0 Å². The van der Waals surface area contributed by atoms with Crippen LogP contribution in [0.3, 0.4) is 0 Å². The van der Waals surface area contributed by atoms with Crippen molar-refractivity contribution in [2.45, 2.75) is 38.1 Å². The van der Waals surface area contributed by atoms with Gasteiger partial charge in [0.05, 0.1) is 10.7 Å². The van der Waals surface area contributed by atoms with Gasteiger partial charge < -0.3 is 0 Å². The lowest BCUT2D eigenvalue weighted by atomic mass is 9.97. The Morgan fingerprint density at radius 2 is 1.90 bits per heavy atom. The van der Waals surface area contributed by atoms with Crippen molar-refractivity contribution in [3.8, 4) is 0 Å². The third-order valence-electron chi connectivity index (χ3n) is 3.11. The molecular weight excluding hydrogens is 142 g/mol. The van der Waals surface area contributed by atoms with Crippen LogP contribution in [0.4, 0.5) is 0 Å². The van der Waals surface area contributed by atoms with E-state index in [1.165, 1.54) is 25.7 Å². The summed E-state index contributed by atoms with van der Waals surface area (Å²) in [6, 6.07) is 0. The molecular formula is C8H11NS. The molecule has 2 aliphatic carbocycles. The molecule has 1 nitrogen and oxygen atoms in total.